The molecule has 1 N–H and O–H groups in total. The summed E-state index contributed by atoms with van der Waals surface area (Å²) in [6, 6.07) is 13.1. The van der Waals surface area contributed by atoms with Gasteiger partial charge in [-0.05, 0) is 42.2 Å². The molecule has 31 heavy (non-hydrogen) atoms. The number of ether oxygens (including phenoxy) is 1. The fraction of sp³-hybridized carbons (Fsp3) is 0.440. The van der Waals surface area contributed by atoms with Gasteiger partial charge in [-0.25, -0.2) is 4.39 Å². The number of amides is 2. The first kappa shape index (κ1) is 21.5. The zero-order chi connectivity index (χ0) is 21.8. The molecule has 164 valence electrons. The quantitative estimate of drug-likeness (QED) is 0.756. The Morgan fingerprint density at radius 1 is 1.10 bits per heavy atom. The van der Waals surface area contributed by atoms with Crippen molar-refractivity contribution < 1.29 is 18.7 Å². The van der Waals surface area contributed by atoms with Crippen LogP contribution in [0.15, 0.2) is 48.5 Å². The average Bonchev–Trinajstić information content (AvgIpc) is 2.79. The van der Waals surface area contributed by atoms with Crippen molar-refractivity contribution in [1.82, 2.24) is 10.2 Å². The maximum atomic E-state index is 13.7. The SMILES string of the molecule is COCCN1C(=O)c2ccccc2C(C(=O)NC2CCCCC2)C1c1ccc(F)cc1. The van der Waals surface area contributed by atoms with Gasteiger partial charge >= 0.3 is 0 Å². The van der Waals surface area contributed by atoms with Gasteiger partial charge in [-0.1, -0.05) is 49.6 Å². The van der Waals surface area contributed by atoms with Crippen LogP contribution in [-0.4, -0.2) is 43.0 Å². The molecule has 1 heterocycles. The van der Waals surface area contributed by atoms with Crippen LogP contribution in [-0.2, 0) is 9.53 Å². The van der Waals surface area contributed by atoms with Gasteiger partial charge in [0.2, 0.25) is 5.91 Å². The Balaban J connectivity index is 1.77. The minimum Gasteiger partial charge on any atom is -0.383 e. The molecule has 1 aliphatic heterocycles. The van der Waals surface area contributed by atoms with Gasteiger partial charge in [-0.2, -0.15) is 0 Å². The topological polar surface area (TPSA) is 58.6 Å². The summed E-state index contributed by atoms with van der Waals surface area (Å²) in [5.41, 5.74) is 2.01. The Labute approximate surface area is 182 Å². The number of fused-ring (bicyclic) bond motifs is 1. The molecule has 1 saturated carbocycles. The average molecular weight is 425 g/mol. The summed E-state index contributed by atoms with van der Waals surface area (Å²) in [7, 11) is 1.59. The molecule has 2 aromatic rings. The molecule has 0 bridgehead atoms. The highest BCUT2D eigenvalue weighted by molar-refractivity contribution is 6.01. The van der Waals surface area contributed by atoms with Crippen molar-refractivity contribution >= 4 is 11.8 Å². The fourth-order valence-corrected chi connectivity index (χ4v) is 4.88. The molecule has 0 spiro atoms. The van der Waals surface area contributed by atoms with Gasteiger partial charge in [0.15, 0.2) is 0 Å². The van der Waals surface area contributed by atoms with Crippen molar-refractivity contribution in [2.45, 2.75) is 50.1 Å². The summed E-state index contributed by atoms with van der Waals surface area (Å²) < 4.78 is 18.9. The summed E-state index contributed by atoms with van der Waals surface area (Å²) >= 11 is 0. The molecule has 0 saturated heterocycles. The molecule has 2 amide bonds. The number of halogens is 1. The predicted octanol–water partition coefficient (Wildman–Crippen LogP) is 4.20. The van der Waals surface area contributed by atoms with Crippen molar-refractivity contribution in [3.05, 3.63) is 71.0 Å². The number of carbonyl (C=O) groups is 2. The van der Waals surface area contributed by atoms with Crippen molar-refractivity contribution in [2.75, 3.05) is 20.3 Å². The number of hydrogen-bond donors (Lipinski definition) is 1. The summed E-state index contributed by atoms with van der Waals surface area (Å²) in [6.45, 7) is 0.696. The predicted molar refractivity (Wildman–Crippen MR) is 116 cm³/mol. The number of methoxy groups -OCH3 is 1. The smallest absolute Gasteiger partial charge is 0.254 e. The second-order valence-electron chi connectivity index (χ2n) is 8.40. The number of rotatable bonds is 6. The number of carbonyl (C=O) groups excluding carboxylic acids is 2. The standard InChI is InChI=1S/C25H29FN2O3/c1-31-16-15-28-23(17-11-13-18(26)14-12-17)22(20-9-5-6-10-21(20)25(28)30)24(29)27-19-7-3-2-4-8-19/h5-6,9-14,19,22-23H,2-4,7-8,15-16H2,1H3,(H,27,29). The number of hydrogen-bond acceptors (Lipinski definition) is 3. The summed E-state index contributed by atoms with van der Waals surface area (Å²) in [5, 5.41) is 3.25. The van der Waals surface area contributed by atoms with Crippen molar-refractivity contribution in [1.29, 1.82) is 0 Å². The Morgan fingerprint density at radius 3 is 2.52 bits per heavy atom. The molecule has 0 radical (unpaired) electrons. The van der Waals surface area contributed by atoms with Crippen LogP contribution in [0.25, 0.3) is 0 Å². The zero-order valence-electron chi connectivity index (χ0n) is 17.9. The van der Waals surface area contributed by atoms with E-state index in [0.29, 0.717) is 18.7 Å². The Kier molecular flexibility index (Phi) is 6.66. The molecule has 6 heteroatoms. The highest BCUT2D eigenvalue weighted by atomic mass is 19.1. The van der Waals surface area contributed by atoms with Gasteiger partial charge in [0.25, 0.3) is 5.91 Å². The first-order valence-corrected chi connectivity index (χ1v) is 11.0. The van der Waals surface area contributed by atoms with Crippen LogP contribution in [0, 0.1) is 5.82 Å². The number of nitrogens with zero attached hydrogens (tertiary/aromatic N) is 1. The van der Waals surface area contributed by atoms with E-state index in [1.165, 1.54) is 18.6 Å². The van der Waals surface area contributed by atoms with Crippen LogP contribution in [0.5, 0.6) is 0 Å². The lowest BCUT2D eigenvalue weighted by Crippen LogP contribution is -2.50. The van der Waals surface area contributed by atoms with E-state index in [1.807, 2.05) is 18.2 Å². The maximum absolute atomic E-state index is 13.7. The molecule has 2 aliphatic rings. The lowest BCUT2D eigenvalue weighted by Gasteiger charge is -2.42. The molecule has 4 rings (SSSR count). The third-order valence-corrected chi connectivity index (χ3v) is 6.42. The van der Waals surface area contributed by atoms with E-state index in [1.54, 1.807) is 30.2 Å². The van der Waals surface area contributed by atoms with Gasteiger partial charge in [-0.15, -0.1) is 0 Å². The monoisotopic (exact) mass is 424 g/mol. The fourth-order valence-electron chi connectivity index (χ4n) is 4.88. The summed E-state index contributed by atoms with van der Waals surface area (Å²) in [4.78, 5) is 28.7. The van der Waals surface area contributed by atoms with Crippen LogP contribution in [0.3, 0.4) is 0 Å². The molecule has 2 atom stereocenters. The zero-order valence-corrected chi connectivity index (χ0v) is 17.9. The highest BCUT2D eigenvalue weighted by Crippen LogP contribution is 2.43. The highest BCUT2D eigenvalue weighted by Gasteiger charge is 2.44. The van der Waals surface area contributed by atoms with E-state index < -0.39 is 12.0 Å². The van der Waals surface area contributed by atoms with Crippen LogP contribution in [0.2, 0.25) is 0 Å². The largest absolute Gasteiger partial charge is 0.383 e. The van der Waals surface area contributed by atoms with Crippen molar-refractivity contribution in [3.63, 3.8) is 0 Å². The van der Waals surface area contributed by atoms with Crippen molar-refractivity contribution in [3.8, 4) is 0 Å². The van der Waals surface area contributed by atoms with E-state index in [2.05, 4.69) is 5.32 Å². The van der Waals surface area contributed by atoms with E-state index in [0.717, 1.165) is 36.8 Å². The summed E-state index contributed by atoms with van der Waals surface area (Å²) in [5.74, 6) is -1.14. The number of benzene rings is 2. The minimum atomic E-state index is -0.571. The minimum absolute atomic E-state index is 0.0800. The molecule has 1 fully saturated rings. The first-order valence-electron chi connectivity index (χ1n) is 11.0. The maximum Gasteiger partial charge on any atom is 0.254 e. The summed E-state index contributed by atoms with van der Waals surface area (Å²) in [6.07, 6.45) is 5.40. The van der Waals surface area contributed by atoms with E-state index >= 15 is 0 Å². The van der Waals surface area contributed by atoms with Crippen LogP contribution >= 0.6 is 0 Å². The van der Waals surface area contributed by atoms with Crippen LogP contribution < -0.4 is 5.32 Å². The van der Waals surface area contributed by atoms with Gasteiger partial charge in [0.1, 0.15) is 5.82 Å². The molecular formula is C25H29FN2O3. The van der Waals surface area contributed by atoms with Crippen LogP contribution in [0.4, 0.5) is 4.39 Å². The Bertz CT molecular complexity index is 925. The van der Waals surface area contributed by atoms with E-state index in [4.69, 9.17) is 4.74 Å². The second kappa shape index (κ2) is 9.60. The molecular weight excluding hydrogens is 395 g/mol. The van der Waals surface area contributed by atoms with Crippen molar-refractivity contribution in [2.24, 2.45) is 0 Å². The second-order valence-corrected chi connectivity index (χ2v) is 8.40. The van der Waals surface area contributed by atoms with Gasteiger partial charge in [0, 0.05) is 25.3 Å². The Hall–Kier alpha value is -2.73. The van der Waals surface area contributed by atoms with Gasteiger partial charge in [0.05, 0.1) is 18.6 Å². The van der Waals surface area contributed by atoms with Gasteiger partial charge < -0.3 is 15.0 Å². The third kappa shape index (κ3) is 4.49. The number of nitrogens with one attached hydrogen (secondary N) is 1. The van der Waals surface area contributed by atoms with E-state index in [9.17, 15) is 14.0 Å². The molecule has 1 aliphatic carbocycles. The molecule has 0 aromatic heterocycles. The Morgan fingerprint density at radius 2 is 1.81 bits per heavy atom. The third-order valence-electron chi connectivity index (χ3n) is 6.42. The van der Waals surface area contributed by atoms with Crippen LogP contribution in [0.1, 0.15) is 65.5 Å². The lowest BCUT2D eigenvalue weighted by molar-refractivity contribution is -0.125. The van der Waals surface area contributed by atoms with E-state index in [-0.39, 0.29) is 23.7 Å². The lowest BCUT2D eigenvalue weighted by atomic mass is 9.78. The normalized spacial score (nSPS) is 21.6. The molecule has 2 unspecified atom stereocenters. The molecule has 2 aromatic carbocycles. The van der Waals surface area contributed by atoms with Gasteiger partial charge in [-0.3, -0.25) is 9.59 Å². The first-order chi connectivity index (χ1) is 15.1. The molecule has 5 nitrogen and oxygen atoms in total.